The topological polar surface area (TPSA) is 130 Å². The van der Waals surface area contributed by atoms with Crippen LogP contribution in [0, 0.1) is 10.1 Å². The van der Waals surface area contributed by atoms with E-state index in [0.29, 0.717) is 22.2 Å². The number of carbonyl (C=O) groups is 2. The molecule has 2 amide bonds. The molecule has 0 unspecified atom stereocenters. The summed E-state index contributed by atoms with van der Waals surface area (Å²) in [6.07, 6.45) is 2.93. The zero-order chi connectivity index (χ0) is 21.1. The first-order valence-corrected chi connectivity index (χ1v) is 8.99. The summed E-state index contributed by atoms with van der Waals surface area (Å²) in [5.41, 5.74) is 2.19. The highest BCUT2D eigenvalue weighted by Gasteiger charge is 2.15. The molecule has 9 heteroatoms. The minimum Gasteiger partial charge on any atom is -0.459 e. The van der Waals surface area contributed by atoms with Crippen molar-refractivity contribution in [1.82, 2.24) is 10.3 Å². The highest BCUT2D eigenvalue weighted by atomic mass is 16.6. The summed E-state index contributed by atoms with van der Waals surface area (Å²) in [7, 11) is 0. The van der Waals surface area contributed by atoms with Crippen molar-refractivity contribution in [1.29, 1.82) is 0 Å². The van der Waals surface area contributed by atoms with Gasteiger partial charge in [0.2, 0.25) is 0 Å². The predicted molar refractivity (Wildman–Crippen MR) is 109 cm³/mol. The molecule has 0 fully saturated rings. The number of nitro groups is 1. The summed E-state index contributed by atoms with van der Waals surface area (Å²) in [5, 5.41) is 17.0. The van der Waals surface area contributed by atoms with E-state index in [1.54, 1.807) is 36.4 Å². The first kappa shape index (κ1) is 18.9. The summed E-state index contributed by atoms with van der Waals surface area (Å²) in [6.45, 7) is 0.213. The van der Waals surface area contributed by atoms with Gasteiger partial charge < -0.3 is 20.0 Å². The highest BCUT2D eigenvalue weighted by Crippen LogP contribution is 2.23. The van der Waals surface area contributed by atoms with Crippen LogP contribution < -0.4 is 10.6 Å². The van der Waals surface area contributed by atoms with E-state index in [0.717, 1.165) is 5.56 Å². The van der Waals surface area contributed by atoms with Crippen LogP contribution in [0.5, 0.6) is 0 Å². The zero-order valence-electron chi connectivity index (χ0n) is 15.5. The van der Waals surface area contributed by atoms with E-state index in [1.165, 1.54) is 24.6 Å². The van der Waals surface area contributed by atoms with Crippen molar-refractivity contribution >= 4 is 34.1 Å². The van der Waals surface area contributed by atoms with Crippen molar-refractivity contribution < 1.29 is 18.9 Å². The van der Waals surface area contributed by atoms with Gasteiger partial charge in [0, 0.05) is 41.5 Å². The largest absolute Gasteiger partial charge is 0.459 e. The van der Waals surface area contributed by atoms with E-state index in [-0.39, 0.29) is 29.8 Å². The lowest BCUT2D eigenvalue weighted by molar-refractivity contribution is -0.384. The number of furan rings is 1. The SMILES string of the molecule is O=C(Nc1cccc(CNC(=O)c2c[nH]c3ccc([N+](=O)[O-])cc23)c1)c1ccco1. The number of aromatic amines is 1. The molecule has 3 N–H and O–H groups in total. The number of amides is 2. The Kier molecular flexibility index (Phi) is 5.00. The molecule has 9 nitrogen and oxygen atoms in total. The van der Waals surface area contributed by atoms with Gasteiger partial charge in [-0.25, -0.2) is 0 Å². The predicted octanol–water partition coefficient (Wildman–Crippen LogP) is 3.85. The fourth-order valence-corrected chi connectivity index (χ4v) is 3.05. The number of H-pyrrole nitrogens is 1. The van der Waals surface area contributed by atoms with Crippen LogP contribution in [0.25, 0.3) is 10.9 Å². The van der Waals surface area contributed by atoms with Crippen LogP contribution in [0.3, 0.4) is 0 Å². The average molecular weight is 404 g/mol. The average Bonchev–Trinajstić information content (AvgIpc) is 3.42. The molecule has 0 aliphatic rings. The third-order valence-corrected chi connectivity index (χ3v) is 4.50. The monoisotopic (exact) mass is 404 g/mol. The van der Waals surface area contributed by atoms with Crippen LogP contribution in [-0.2, 0) is 6.54 Å². The van der Waals surface area contributed by atoms with Gasteiger partial charge in [0.15, 0.2) is 5.76 Å². The third kappa shape index (κ3) is 3.90. The Morgan fingerprint density at radius 3 is 2.70 bits per heavy atom. The Morgan fingerprint density at radius 1 is 1.07 bits per heavy atom. The molecule has 150 valence electrons. The number of fused-ring (bicyclic) bond motifs is 1. The van der Waals surface area contributed by atoms with E-state index in [9.17, 15) is 19.7 Å². The number of non-ortho nitro benzene ring substituents is 1. The number of nitrogens with zero attached hydrogens (tertiary/aromatic N) is 1. The maximum atomic E-state index is 12.6. The summed E-state index contributed by atoms with van der Waals surface area (Å²) < 4.78 is 5.06. The molecule has 0 aliphatic carbocycles. The van der Waals surface area contributed by atoms with Crippen molar-refractivity contribution in [3.05, 3.63) is 94.1 Å². The highest BCUT2D eigenvalue weighted by molar-refractivity contribution is 6.07. The molecular weight excluding hydrogens is 388 g/mol. The van der Waals surface area contributed by atoms with Gasteiger partial charge in [0.1, 0.15) is 0 Å². The Bertz CT molecular complexity index is 1240. The van der Waals surface area contributed by atoms with Gasteiger partial charge in [-0.1, -0.05) is 12.1 Å². The zero-order valence-corrected chi connectivity index (χ0v) is 15.5. The number of nitrogens with one attached hydrogen (secondary N) is 3. The van der Waals surface area contributed by atoms with Gasteiger partial charge in [-0.05, 0) is 35.9 Å². The smallest absolute Gasteiger partial charge is 0.291 e. The molecule has 2 heterocycles. The van der Waals surface area contributed by atoms with Gasteiger partial charge in [0.05, 0.1) is 16.7 Å². The Labute approximate surface area is 169 Å². The van der Waals surface area contributed by atoms with E-state index < -0.39 is 4.92 Å². The number of hydrogen-bond donors (Lipinski definition) is 3. The fraction of sp³-hybridized carbons (Fsp3) is 0.0476. The Hall–Kier alpha value is -4.40. The Morgan fingerprint density at radius 2 is 1.93 bits per heavy atom. The number of nitro benzene ring substituents is 1. The summed E-state index contributed by atoms with van der Waals surface area (Å²) >= 11 is 0. The van der Waals surface area contributed by atoms with E-state index in [2.05, 4.69) is 15.6 Å². The summed E-state index contributed by atoms with van der Waals surface area (Å²) in [5.74, 6) is -0.546. The Balaban J connectivity index is 1.45. The van der Waals surface area contributed by atoms with Crippen molar-refractivity contribution in [2.45, 2.75) is 6.54 Å². The van der Waals surface area contributed by atoms with Crippen LogP contribution in [0.4, 0.5) is 11.4 Å². The van der Waals surface area contributed by atoms with Crippen molar-refractivity contribution in [3.8, 4) is 0 Å². The normalized spacial score (nSPS) is 10.7. The van der Waals surface area contributed by atoms with Crippen LogP contribution in [0.2, 0.25) is 0 Å². The van der Waals surface area contributed by atoms with Crippen LogP contribution in [0.15, 0.2) is 71.5 Å². The van der Waals surface area contributed by atoms with E-state index >= 15 is 0 Å². The first-order valence-electron chi connectivity index (χ1n) is 8.99. The standard InChI is InChI=1S/C21H16N4O5/c26-20(17-12-22-18-7-6-15(25(28)29)10-16(17)18)23-11-13-3-1-4-14(9-13)24-21(27)19-5-2-8-30-19/h1-10,12,22H,11H2,(H,23,26)(H,24,27). The molecule has 2 aromatic heterocycles. The molecule has 0 radical (unpaired) electrons. The molecule has 0 aliphatic heterocycles. The molecule has 0 saturated heterocycles. The minimum absolute atomic E-state index is 0.0869. The van der Waals surface area contributed by atoms with Crippen molar-refractivity contribution in [3.63, 3.8) is 0 Å². The van der Waals surface area contributed by atoms with Gasteiger partial charge >= 0.3 is 0 Å². The maximum absolute atomic E-state index is 12.6. The maximum Gasteiger partial charge on any atom is 0.291 e. The second-order valence-electron chi connectivity index (χ2n) is 6.50. The number of anilines is 1. The van der Waals surface area contributed by atoms with Crippen LogP contribution in [0.1, 0.15) is 26.5 Å². The van der Waals surface area contributed by atoms with Gasteiger partial charge in [-0.3, -0.25) is 19.7 Å². The number of carbonyl (C=O) groups excluding carboxylic acids is 2. The quantitative estimate of drug-likeness (QED) is 0.332. The van der Waals surface area contributed by atoms with Gasteiger partial charge in [-0.15, -0.1) is 0 Å². The lowest BCUT2D eigenvalue weighted by atomic mass is 10.1. The minimum atomic E-state index is -0.503. The van der Waals surface area contributed by atoms with Crippen LogP contribution >= 0.6 is 0 Å². The number of hydrogen-bond acceptors (Lipinski definition) is 5. The molecule has 4 rings (SSSR count). The van der Waals surface area contributed by atoms with Crippen LogP contribution in [-0.4, -0.2) is 21.7 Å². The second kappa shape index (κ2) is 7.92. The molecule has 0 spiro atoms. The summed E-state index contributed by atoms with van der Waals surface area (Å²) in [6, 6.07) is 14.5. The van der Waals surface area contributed by atoms with Crippen molar-refractivity contribution in [2.24, 2.45) is 0 Å². The summed E-state index contributed by atoms with van der Waals surface area (Å²) in [4.78, 5) is 38.1. The number of aromatic nitrogens is 1. The van der Waals surface area contributed by atoms with Gasteiger partial charge in [0.25, 0.3) is 17.5 Å². The molecule has 0 saturated carbocycles. The molecule has 2 aromatic carbocycles. The van der Waals surface area contributed by atoms with Crippen molar-refractivity contribution in [2.75, 3.05) is 5.32 Å². The van der Waals surface area contributed by atoms with E-state index in [4.69, 9.17) is 4.42 Å². The first-order chi connectivity index (χ1) is 14.5. The lowest BCUT2D eigenvalue weighted by Gasteiger charge is -2.08. The lowest BCUT2D eigenvalue weighted by Crippen LogP contribution is -2.22. The van der Waals surface area contributed by atoms with E-state index in [1.807, 2.05) is 6.07 Å². The third-order valence-electron chi connectivity index (χ3n) is 4.50. The molecule has 0 atom stereocenters. The molecule has 0 bridgehead atoms. The number of benzene rings is 2. The molecule has 30 heavy (non-hydrogen) atoms. The van der Waals surface area contributed by atoms with Gasteiger partial charge in [-0.2, -0.15) is 0 Å². The molecular formula is C21H16N4O5. The molecule has 4 aromatic rings. The second-order valence-corrected chi connectivity index (χ2v) is 6.50. The fourth-order valence-electron chi connectivity index (χ4n) is 3.05. The number of rotatable bonds is 6.